The summed E-state index contributed by atoms with van der Waals surface area (Å²) >= 11 is 1.49. The van der Waals surface area contributed by atoms with Gasteiger partial charge in [0.05, 0.1) is 5.54 Å². The monoisotopic (exact) mass is 305 g/mol. The molecular weight excluding hydrogens is 286 g/mol. The van der Waals surface area contributed by atoms with Gasteiger partial charge >= 0.3 is 0 Å². The molecule has 112 valence electrons. The van der Waals surface area contributed by atoms with Crippen LogP contribution < -0.4 is 5.32 Å². The van der Waals surface area contributed by atoms with E-state index in [1.807, 2.05) is 51.1 Å². The lowest BCUT2D eigenvalue weighted by atomic mass is 10.1. The van der Waals surface area contributed by atoms with Crippen molar-refractivity contribution in [2.24, 2.45) is 0 Å². The molecule has 0 aliphatic rings. The second-order valence-electron chi connectivity index (χ2n) is 5.56. The highest BCUT2D eigenvalue weighted by atomic mass is 32.2. The lowest BCUT2D eigenvalue weighted by Gasteiger charge is -2.19. The number of para-hydroxylation sites is 1. The summed E-state index contributed by atoms with van der Waals surface area (Å²) < 4.78 is 1.77. The van der Waals surface area contributed by atoms with Crippen molar-refractivity contribution < 1.29 is 4.79 Å². The topological polar surface area (TPSA) is 72.7 Å². The van der Waals surface area contributed by atoms with E-state index in [9.17, 15) is 4.79 Å². The van der Waals surface area contributed by atoms with Gasteiger partial charge in [0.25, 0.3) is 0 Å². The summed E-state index contributed by atoms with van der Waals surface area (Å²) in [5, 5.41) is 15.3. The number of benzene rings is 1. The molecule has 1 amide bonds. The van der Waals surface area contributed by atoms with Crippen molar-refractivity contribution in [3.8, 4) is 0 Å². The molecule has 0 radical (unpaired) electrons. The van der Waals surface area contributed by atoms with Crippen molar-refractivity contribution in [3.05, 3.63) is 30.3 Å². The van der Waals surface area contributed by atoms with Gasteiger partial charge in [0.2, 0.25) is 11.1 Å². The molecule has 1 aromatic carbocycles. The number of nitrogens with zero attached hydrogens (tertiary/aromatic N) is 4. The summed E-state index contributed by atoms with van der Waals surface area (Å²) in [6, 6.07) is 9.43. The zero-order chi connectivity index (χ0) is 15.3. The summed E-state index contributed by atoms with van der Waals surface area (Å²) in [6.45, 7) is 6.11. The number of hydrogen-bond donors (Lipinski definition) is 1. The standard InChI is InChI=1S/C14H19N5OS/c1-14(2,3)19-13(16-17-18-19)21-10-9-12(20)15-11-7-5-4-6-8-11/h4-8H,9-10H2,1-3H3,(H,15,20). The fourth-order valence-corrected chi connectivity index (χ4v) is 2.67. The number of thioether (sulfide) groups is 1. The highest BCUT2D eigenvalue weighted by Gasteiger charge is 2.19. The Balaban J connectivity index is 1.82. The van der Waals surface area contributed by atoms with Crippen LogP contribution in [0.4, 0.5) is 5.69 Å². The van der Waals surface area contributed by atoms with E-state index in [1.54, 1.807) is 4.68 Å². The van der Waals surface area contributed by atoms with Crippen LogP contribution in [-0.2, 0) is 10.3 Å². The molecule has 7 heteroatoms. The third-order valence-electron chi connectivity index (χ3n) is 2.69. The average Bonchev–Trinajstić information content (AvgIpc) is 2.88. The number of amides is 1. The molecule has 2 rings (SSSR count). The molecule has 1 aromatic heterocycles. The van der Waals surface area contributed by atoms with Crippen molar-refractivity contribution in [1.29, 1.82) is 0 Å². The zero-order valence-corrected chi connectivity index (χ0v) is 13.2. The highest BCUT2D eigenvalue weighted by molar-refractivity contribution is 7.99. The number of anilines is 1. The maximum absolute atomic E-state index is 11.8. The van der Waals surface area contributed by atoms with Gasteiger partial charge in [-0.3, -0.25) is 4.79 Å². The van der Waals surface area contributed by atoms with Crippen LogP contribution in [0.15, 0.2) is 35.5 Å². The van der Waals surface area contributed by atoms with E-state index in [2.05, 4.69) is 20.8 Å². The maximum atomic E-state index is 11.8. The average molecular weight is 305 g/mol. The van der Waals surface area contributed by atoms with Gasteiger partial charge in [0.15, 0.2) is 0 Å². The van der Waals surface area contributed by atoms with Gasteiger partial charge in [0.1, 0.15) is 0 Å². The number of carbonyl (C=O) groups is 1. The van der Waals surface area contributed by atoms with Crippen LogP contribution in [0.2, 0.25) is 0 Å². The van der Waals surface area contributed by atoms with Crippen LogP contribution in [0.5, 0.6) is 0 Å². The Morgan fingerprint density at radius 3 is 2.67 bits per heavy atom. The van der Waals surface area contributed by atoms with Gasteiger partial charge in [-0.05, 0) is 43.3 Å². The number of tetrazole rings is 1. The SMILES string of the molecule is CC(C)(C)n1nnnc1SCCC(=O)Nc1ccccc1. The number of carbonyl (C=O) groups excluding carboxylic acids is 1. The molecule has 2 aromatic rings. The van der Waals surface area contributed by atoms with E-state index in [4.69, 9.17) is 0 Å². The molecule has 21 heavy (non-hydrogen) atoms. The van der Waals surface area contributed by atoms with E-state index >= 15 is 0 Å². The van der Waals surface area contributed by atoms with Crippen LogP contribution in [0.25, 0.3) is 0 Å². The summed E-state index contributed by atoms with van der Waals surface area (Å²) in [6.07, 6.45) is 0.413. The van der Waals surface area contributed by atoms with Crippen molar-refractivity contribution in [3.63, 3.8) is 0 Å². The largest absolute Gasteiger partial charge is 0.326 e. The first-order valence-electron chi connectivity index (χ1n) is 6.73. The van der Waals surface area contributed by atoms with E-state index in [0.29, 0.717) is 12.2 Å². The van der Waals surface area contributed by atoms with Crippen LogP contribution in [-0.4, -0.2) is 31.9 Å². The fraction of sp³-hybridized carbons (Fsp3) is 0.429. The molecule has 6 nitrogen and oxygen atoms in total. The van der Waals surface area contributed by atoms with Crippen molar-refractivity contribution in [2.45, 2.75) is 37.9 Å². The van der Waals surface area contributed by atoms with Gasteiger partial charge in [-0.25, -0.2) is 4.68 Å². The number of hydrogen-bond acceptors (Lipinski definition) is 5. The van der Waals surface area contributed by atoms with E-state index in [1.165, 1.54) is 11.8 Å². The predicted octanol–water partition coefficient (Wildman–Crippen LogP) is 2.55. The first kappa shape index (κ1) is 15.5. The van der Waals surface area contributed by atoms with Gasteiger partial charge in [-0.2, -0.15) is 0 Å². The van der Waals surface area contributed by atoms with E-state index < -0.39 is 0 Å². The fourth-order valence-electron chi connectivity index (χ4n) is 1.67. The van der Waals surface area contributed by atoms with Gasteiger partial charge in [-0.1, -0.05) is 30.0 Å². The molecule has 1 N–H and O–H groups in total. The van der Waals surface area contributed by atoms with Crippen molar-refractivity contribution in [1.82, 2.24) is 20.2 Å². The third-order valence-corrected chi connectivity index (χ3v) is 3.62. The van der Waals surface area contributed by atoms with E-state index in [0.717, 1.165) is 10.8 Å². The minimum absolute atomic E-state index is 0.0107. The Hall–Kier alpha value is -1.89. The molecule has 0 unspecified atom stereocenters. The predicted molar refractivity (Wildman–Crippen MR) is 83.2 cm³/mol. The Labute approximate surface area is 128 Å². The van der Waals surface area contributed by atoms with Crippen LogP contribution >= 0.6 is 11.8 Å². The molecule has 0 fully saturated rings. The van der Waals surface area contributed by atoms with Gasteiger partial charge in [0, 0.05) is 17.9 Å². The lowest BCUT2D eigenvalue weighted by molar-refractivity contribution is -0.115. The zero-order valence-electron chi connectivity index (χ0n) is 12.4. The second kappa shape index (κ2) is 6.71. The second-order valence-corrected chi connectivity index (χ2v) is 6.62. The van der Waals surface area contributed by atoms with Crippen molar-refractivity contribution >= 4 is 23.4 Å². The number of nitrogens with one attached hydrogen (secondary N) is 1. The Kier molecular flexibility index (Phi) is 4.95. The van der Waals surface area contributed by atoms with Crippen LogP contribution in [0.3, 0.4) is 0 Å². The molecule has 0 saturated heterocycles. The first-order chi connectivity index (χ1) is 9.97. The minimum atomic E-state index is -0.169. The highest BCUT2D eigenvalue weighted by Crippen LogP contribution is 2.21. The molecular formula is C14H19N5OS. The summed E-state index contributed by atoms with van der Waals surface area (Å²) in [5.74, 6) is 0.623. The molecule has 0 aliphatic heterocycles. The maximum Gasteiger partial charge on any atom is 0.225 e. The van der Waals surface area contributed by atoms with Crippen LogP contribution in [0, 0.1) is 0 Å². The number of rotatable bonds is 5. The molecule has 1 heterocycles. The molecule has 0 spiro atoms. The van der Waals surface area contributed by atoms with Gasteiger partial charge < -0.3 is 5.32 Å². The van der Waals surface area contributed by atoms with E-state index in [-0.39, 0.29) is 11.4 Å². The Morgan fingerprint density at radius 2 is 2.00 bits per heavy atom. The van der Waals surface area contributed by atoms with Crippen LogP contribution in [0.1, 0.15) is 27.2 Å². The summed E-state index contributed by atoms with van der Waals surface area (Å²) in [4.78, 5) is 11.8. The first-order valence-corrected chi connectivity index (χ1v) is 7.72. The Bertz CT molecular complexity index is 591. The Morgan fingerprint density at radius 1 is 1.29 bits per heavy atom. The smallest absolute Gasteiger partial charge is 0.225 e. The number of aromatic nitrogens is 4. The minimum Gasteiger partial charge on any atom is -0.326 e. The molecule has 0 aliphatic carbocycles. The molecule has 0 atom stereocenters. The lowest BCUT2D eigenvalue weighted by Crippen LogP contribution is -2.24. The van der Waals surface area contributed by atoms with Crippen molar-refractivity contribution in [2.75, 3.05) is 11.1 Å². The quantitative estimate of drug-likeness (QED) is 0.859. The molecule has 0 saturated carbocycles. The normalized spacial score (nSPS) is 11.4. The third kappa shape index (κ3) is 4.56. The summed E-state index contributed by atoms with van der Waals surface area (Å²) in [5.41, 5.74) is 0.644. The summed E-state index contributed by atoms with van der Waals surface area (Å²) in [7, 11) is 0. The molecule has 0 bridgehead atoms. The van der Waals surface area contributed by atoms with Gasteiger partial charge in [-0.15, -0.1) is 5.10 Å².